The summed E-state index contributed by atoms with van der Waals surface area (Å²) in [6, 6.07) is 1.52. The number of aromatic nitrogens is 2. The van der Waals surface area contributed by atoms with Crippen molar-refractivity contribution in [1.82, 2.24) is 9.97 Å². The minimum atomic E-state index is -0.147. The molecular weight excluding hydrogens is 238 g/mol. The second kappa shape index (κ2) is 7.34. The highest BCUT2D eigenvalue weighted by Gasteiger charge is 2.02. The summed E-state index contributed by atoms with van der Waals surface area (Å²) < 4.78 is 0. The van der Waals surface area contributed by atoms with E-state index < -0.39 is 0 Å². The lowest BCUT2D eigenvalue weighted by molar-refractivity contribution is 0.292. The maximum absolute atomic E-state index is 11.4. The molecule has 0 aromatic carbocycles. The molecule has 0 atom stereocenters. The smallest absolute Gasteiger partial charge is 0.252 e. The molecule has 1 aromatic heterocycles. The predicted molar refractivity (Wildman–Crippen MR) is 71.5 cm³/mol. The monoisotopic (exact) mass is 257 g/mol. The standard InChI is InChI=1S/C11H19N3O2S/c1-8(2)17-7-9-6-10(16)14-11(13-9)12-4-3-5-15/h6,8,15H,3-5,7H2,1-2H3,(H2,12,13,14,16). The van der Waals surface area contributed by atoms with Gasteiger partial charge in [0.2, 0.25) is 5.95 Å². The molecule has 0 amide bonds. The first kappa shape index (κ1) is 14.1. The number of thioether (sulfide) groups is 1. The lowest BCUT2D eigenvalue weighted by Crippen LogP contribution is -2.15. The van der Waals surface area contributed by atoms with Gasteiger partial charge in [-0.3, -0.25) is 9.78 Å². The van der Waals surface area contributed by atoms with Crippen LogP contribution in [-0.4, -0.2) is 33.5 Å². The molecule has 0 saturated carbocycles. The molecule has 1 heterocycles. The van der Waals surface area contributed by atoms with Gasteiger partial charge in [0.15, 0.2) is 0 Å². The van der Waals surface area contributed by atoms with Gasteiger partial charge in [-0.2, -0.15) is 11.8 Å². The first-order chi connectivity index (χ1) is 8.11. The number of aliphatic hydroxyl groups is 1. The fourth-order valence-electron chi connectivity index (χ4n) is 1.20. The maximum Gasteiger partial charge on any atom is 0.252 e. The van der Waals surface area contributed by atoms with Gasteiger partial charge in [0.1, 0.15) is 0 Å². The second-order valence-electron chi connectivity index (χ2n) is 3.95. The molecule has 0 unspecified atom stereocenters. The lowest BCUT2D eigenvalue weighted by Gasteiger charge is -2.07. The van der Waals surface area contributed by atoms with Crippen molar-refractivity contribution in [2.45, 2.75) is 31.3 Å². The van der Waals surface area contributed by atoms with Crippen LogP contribution in [0.2, 0.25) is 0 Å². The van der Waals surface area contributed by atoms with Crippen LogP contribution in [0.4, 0.5) is 5.95 Å². The molecule has 0 saturated heterocycles. The molecule has 5 nitrogen and oxygen atoms in total. The Hall–Kier alpha value is -1.01. The Kier molecular flexibility index (Phi) is 6.07. The van der Waals surface area contributed by atoms with E-state index in [2.05, 4.69) is 29.1 Å². The highest BCUT2D eigenvalue weighted by atomic mass is 32.2. The van der Waals surface area contributed by atoms with Gasteiger partial charge in [-0.15, -0.1) is 0 Å². The number of nitrogens with zero attached hydrogens (tertiary/aromatic N) is 1. The number of rotatable bonds is 7. The zero-order valence-electron chi connectivity index (χ0n) is 10.2. The third-order valence-electron chi connectivity index (χ3n) is 1.99. The van der Waals surface area contributed by atoms with Crippen LogP contribution in [0.15, 0.2) is 10.9 Å². The van der Waals surface area contributed by atoms with Crippen LogP contribution in [0.1, 0.15) is 26.0 Å². The summed E-state index contributed by atoms with van der Waals surface area (Å²) >= 11 is 1.75. The molecule has 0 aliphatic rings. The van der Waals surface area contributed by atoms with Gasteiger partial charge < -0.3 is 10.4 Å². The van der Waals surface area contributed by atoms with Gasteiger partial charge in [-0.1, -0.05) is 13.8 Å². The molecule has 96 valence electrons. The van der Waals surface area contributed by atoms with Crippen LogP contribution < -0.4 is 10.9 Å². The van der Waals surface area contributed by atoms with Crippen molar-refractivity contribution in [3.05, 3.63) is 22.1 Å². The fraction of sp³-hybridized carbons (Fsp3) is 0.636. The van der Waals surface area contributed by atoms with E-state index in [1.165, 1.54) is 6.07 Å². The molecule has 0 aliphatic heterocycles. The van der Waals surface area contributed by atoms with E-state index in [0.29, 0.717) is 24.2 Å². The number of hydrogen-bond acceptors (Lipinski definition) is 5. The van der Waals surface area contributed by atoms with Crippen LogP contribution in [0.5, 0.6) is 0 Å². The van der Waals surface area contributed by atoms with Crippen molar-refractivity contribution < 1.29 is 5.11 Å². The zero-order chi connectivity index (χ0) is 12.7. The summed E-state index contributed by atoms with van der Waals surface area (Å²) in [5.41, 5.74) is 0.629. The van der Waals surface area contributed by atoms with Crippen molar-refractivity contribution in [2.24, 2.45) is 0 Å². The maximum atomic E-state index is 11.4. The number of aliphatic hydroxyl groups excluding tert-OH is 1. The molecular formula is C11H19N3O2S. The van der Waals surface area contributed by atoms with Crippen molar-refractivity contribution in [1.29, 1.82) is 0 Å². The van der Waals surface area contributed by atoms with Crippen LogP contribution >= 0.6 is 11.8 Å². The van der Waals surface area contributed by atoms with Crippen LogP contribution in [0.25, 0.3) is 0 Å². The van der Waals surface area contributed by atoms with Crippen molar-refractivity contribution in [3.8, 4) is 0 Å². The molecule has 1 aromatic rings. The van der Waals surface area contributed by atoms with Gasteiger partial charge in [0.25, 0.3) is 5.56 Å². The SMILES string of the molecule is CC(C)SCc1cc(=O)[nH]c(NCCCO)n1. The predicted octanol–water partition coefficient (Wildman–Crippen LogP) is 1.21. The van der Waals surface area contributed by atoms with Crippen LogP contribution in [0.3, 0.4) is 0 Å². The highest BCUT2D eigenvalue weighted by molar-refractivity contribution is 7.99. The zero-order valence-corrected chi connectivity index (χ0v) is 11.0. The lowest BCUT2D eigenvalue weighted by atomic mass is 10.4. The Balaban J connectivity index is 2.62. The van der Waals surface area contributed by atoms with E-state index in [4.69, 9.17) is 5.11 Å². The Morgan fingerprint density at radius 1 is 1.59 bits per heavy atom. The minimum Gasteiger partial charge on any atom is -0.396 e. The fourth-order valence-corrected chi connectivity index (χ4v) is 1.86. The Bertz CT molecular complexity index is 393. The summed E-state index contributed by atoms with van der Waals surface area (Å²) in [7, 11) is 0. The Labute approximate surface area is 105 Å². The highest BCUT2D eigenvalue weighted by Crippen LogP contribution is 2.15. The van der Waals surface area contributed by atoms with Crippen LogP contribution in [-0.2, 0) is 5.75 Å². The van der Waals surface area contributed by atoms with E-state index in [1.807, 2.05) is 0 Å². The minimum absolute atomic E-state index is 0.125. The van der Waals surface area contributed by atoms with Crippen molar-refractivity contribution in [3.63, 3.8) is 0 Å². The normalized spacial score (nSPS) is 10.8. The third kappa shape index (κ3) is 5.74. The number of H-pyrrole nitrogens is 1. The van der Waals surface area contributed by atoms with E-state index >= 15 is 0 Å². The number of nitrogens with one attached hydrogen (secondary N) is 2. The largest absolute Gasteiger partial charge is 0.396 e. The molecule has 0 spiro atoms. The Morgan fingerprint density at radius 2 is 2.35 bits per heavy atom. The first-order valence-corrected chi connectivity index (χ1v) is 6.73. The van der Waals surface area contributed by atoms with Gasteiger partial charge >= 0.3 is 0 Å². The molecule has 0 radical (unpaired) electrons. The molecule has 0 bridgehead atoms. The first-order valence-electron chi connectivity index (χ1n) is 5.68. The summed E-state index contributed by atoms with van der Waals surface area (Å²) in [6.45, 7) is 4.94. The third-order valence-corrected chi connectivity index (χ3v) is 3.12. The van der Waals surface area contributed by atoms with Gasteiger partial charge in [0.05, 0.1) is 5.69 Å². The summed E-state index contributed by atoms with van der Waals surface area (Å²) in [4.78, 5) is 18.3. The molecule has 6 heteroatoms. The van der Waals surface area contributed by atoms with Crippen molar-refractivity contribution in [2.75, 3.05) is 18.5 Å². The Morgan fingerprint density at radius 3 is 3.00 bits per heavy atom. The number of hydrogen-bond donors (Lipinski definition) is 3. The molecule has 0 aliphatic carbocycles. The van der Waals surface area contributed by atoms with E-state index in [-0.39, 0.29) is 12.2 Å². The van der Waals surface area contributed by atoms with Crippen molar-refractivity contribution >= 4 is 17.7 Å². The summed E-state index contributed by atoms with van der Waals surface area (Å²) in [6.07, 6.45) is 0.634. The molecule has 3 N–H and O–H groups in total. The van der Waals surface area contributed by atoms with Gasteiger partial charge in [0, 0.05) is 25.0 Å². The number of aromatic amines is 1. The van der Waals surface area contributed by atoms with Crippen LogP contribution in [0, 0.1) is 0 Å². The summed E-state index contributed by atoms with van der Waals surface area (Å²) in [5.74, 6) is 1.21. The average molecular weight is 257 g/mol. The van der Waals surface area contributed by atoms with E-state index in [0.717, 1.165) is 11.4 Å². The second-order valence-corrected chi connectivity index (χ2v) is 5.51. The van der Waals surface area contributed by atoms with E-state index in [9.17, 15) is 4.79 Å². The topological polar surface area (TPSA) is 78.0 Å². The quantitative estimate of drug-likeness (QED) is 0.640. The molecule has 0 fully saturated rings. The van der Waals surface area contributed by atoms with Gasteiger partial charge in [-0.25, -0.2) is 4.98 Å². The molecule has 17 heavy (non-hydrogen) atoms. The van der Waals surface area contributed by atoms with E-state index in [1.54, 1.807) is 11.8 Å². The summed E-state index contributed by atoms with van der Waals surface area (Å²) in [5, 5.41) is 12.2. The number of anilines is 1. The molecule has 1 rings (SSSR count). The van der Waals surface area contributed by atoms with Gasteiger partial charge in [-0.05, 0) is 11.7 Å². The average Bonchev–Trinajstić information content (AvgIpc) is 2.26.